The van der Waals surface area contributed by atoms with Gasteiger partial charge in [0.1, 0.15) is 12.1 Å². The van der Waals surface area contributed by atoms with E-state index in [-0.39, 0.29) is 34.9 Å². The SMILES string of the molecule is CC(NC(=O)C1CCN(c2oc(-c3ccco3)nc2C#N)CC1)C(=O)NC(C)(C)C. The summed E-state index contributed by atoms with van der Waals surface area (Å²) < 4.78 is 11.1. The third-order valence-electron chi connectivity index (χ3n) is 4.85. The summed E-state index contributed by atoms with van der Waals surface area (Å²) in [5, 5.41) is 15.1. The fraction of sp³-hybridized carbons (Fsp3) is 0.524. The normalized spacial score (nSPS) is 16.0. The number of carbonyl (C=O) groups is 2. The Hall–Kier alpha value is -3.28. The average molecular weight is 413 g/mol. The molecule has 1 saturated heterocycles. The van der Waals surface area contributed by atoms with Crippen LogP contribution in [-0.2, 0) is 9.59 Å². The van der Waals surface area contributed by atoms with Crippen LogP contribution in [0, 0.1) is 17.2 Å². The first-order valence-electron chi connectivity index (χ1n) is 10.00. The summed E-state index contributed by atoms with van der Waals surface area (Å²) in [6.45, 7) is 8.45. The van der Waals surface area contributed by atoms with E-state index in [1.165, 1.54) is 6.26 Å². The largest absolute Gasteiger partial charge is 0.459 e. The Kier molecular flexibility index (Phi) is 6.15. The van der Waals surface area contributed by atoms with Crippen molar-refractivity contribution < 1.29 is 18.4 Å². The lowest BCUT2D eigenvalue weighted by molar-refractivity contribution is -0.131. The molecule has 0 bridgehead atoms. The molecule has 1 aliphatic rings. The van der Waals surface area contributed by atoms with E-state index in [1.807, 2.05) is 25.7 Å². The number of oxazole rings is 1. The summed E-state index contributed by atoms with van der Waals surface area (Å²) >= 11 is 0. The molecule has 3 rings (SSSR count). The second kappa shape index (κ2) is 8.61. The van der Waals surface area contributed by atoms with Gasteiger partial charge < -0.3 is 24.4 Å². The van der Waals surface area contributed by atoms with E-state index in [9.17, 15) is 14.9 Å². The highest BCUT2D eigenvalue weighted by Gasteiger charge is 2.31. The molecule has 1 aliphatic heterocycles. The summed E-state index contributed by atoms with van der Waals surface area (Å²) in [5.41, 5.74) is -0.164. The molecule has 0 aromatic carbocycles. The Labute approximate surface area is 175 Å². The van der Waals surface area contributed by atoms with Crippen LogP contribution in [0.4, 0.5) is 5.88 Å². The monoisotopic (exact) mass is 413 g/mol. The van der Waals surface area contributed by atoms with Crippen molar-refractivity contribution in [2.45, 2.75) is 52.1 Å². The number of nitrogens with one attached hydrogen (secondary N) is 2. The van der Waals surface area contributed by atoms with Crippen LogP contribution in [-0.4, -0.2) is 41.5 Å². The van der Waals surface area contributed by atoms with Crippen molar-refractivity contribution in [2.24, 2.45) is 5.92 Å². The van der Waals surface area contributed by atoms with Crippen LogP contribution in [0.2, 0.25) is 0 Å². The Morgan fingerprint density at radius 1 is 1.33 bits per heavy atom. The Morgan fingerprint density at radius 3 is 2.60 bits per heavy atom. The minimum atomic E-state index is -0.606. The summed E-state index contributed by atoms with van der Waals surface area (Å²) in [5.74, 6) is 0.545. The summed E-state index contributed by atoms with van der Waals surface area (Å²) in [6.07, 6.45) is 2.68. The molecule has 1 fully saturated rings. The first-order valence-corrected chi connectivity index (χ1v) is 10.00. The molecule has 0 aliphatic carbocycles. The Morgan fingerprint density at radius 2 is 2.03 bits per heavy atom. The van der Waals surface area contributed by atoms with Crippen molar-refractivity contribution in [1.82, 2.24) is 15.6 Å². The van der Waals surface area contributed by atoms with Crippen LogP contribution in [0.1, 0.15) is 46.2 Å². The van der Waals surface area contributed by atoms with E-state index < -0.39 is 6.04 Å². The lowest BCUT2D eigenvalue weighted by Gasteiger charge is -2.31. The number of furan rings is 1. The molecule has 2 aromatic rings. The number of piperidine rings is 1. The Balaban J connectivity index is 1.58. The molecular formula is C21H27N5O4. The standard InChI is InChI=1S/C21H27N5O4/c1-13(17(27)25-21(2,3)4)23-18(28)14-7-9-26(10-8-14)20-15(12-22)24-19(30-20)16-6-5-11-29-16/h5-6,11,13-14H,7-10H2,1-4H3,(H,23,28)(H,25,27). The minimum Gasteiger partial charge on any atom is -0.459 e. The van der Waals surface area contributed by atoms with E-state index >= 15 is 0 Å². The van der Waals surface area contributed by atoms with E-state index in [2.05, 4.69) is 21.7 Å². The fourth-order valence-electron chi connectivity index (χ4n) is 3.32. The number of hydrogen-bond donors (Lipinski definition) is 2. The first-order chi connectivity index (χ1) is 14.2. The number of rotatable bonds is 5. The highest BCUT2D eigenvalue weighted by atomic mass is 16.4. The van der Waals surface area contributed by atoms with Gasteiger partial charge in [-0.25, -0.2) is 0 Å². The van der Waals surface area contributed by atoms with Gasteiger partial charge in [0.2, 0.25) is 23.4 Å². The van der Waals surface area contributed by atoms with Crippen LogP contribution in [0.3, 0.4) is 0 Å². The van der Waals surface area contributed by atoms with Gasteiger partial charge in [0, 0.05) is 24.5 Å². The second-order valence-electron chi connectivity index (χ2n) is 8.49. The lowest BCUT2D eigenvalue weighted by atomic mass is 9.95. The number of amides is 2. The third-order valence-corrected chi connectivity index (χ3v) is 4.85. The van der Waals surface area contributed by atoms with Crippen molar-refractivity contribution in [3.05, 3.63) is 24.1 Å². The quantitative estimate of drug-likeness (QED) is 0.771. The summed E-state index contributed by atoms with van der Waals surface area (Å²) in [4.78, 5) is 30.9. The van der Waals surface area contributed by atoms with Crippen LogP contribution in [0.25, 0.3) is 11.7 Å². The van der Waals surface area contributed by atoms with Gasteiger partial charge in [0.15, 0.2) is 5.76 Å². The highest BCUT2D eigenvalue weighted by Crippen LogP contribution is 2.31. The zero-order valence-corrected chi connectivity index (χ0v) is 17.7. The number of anilines is 1. The molecule has 9 nitrogen and oxygen atoms in total. The van der Waals surface area contributed by atoms with Gasteiger partial charge >= 0.3 is 0 Å². The average Bonchev–Trinajstić information content (AvgIpc) is 3.36. The molecule has 160 valence electrons. The van der Waals surface area contributed by atoms with Crippen molar-refractivity contribution in [2.75, 3.05) is 18.0 Å². The van der Waals surface area contributed by atoms with E-state index in [0.717, 1.165) is 0 Å². The number of nitrogens with zero attached hydrogens (tertiary/aromatic N) is 3. The number of nitriles is 1. The molecule has 9 heteroatoms. The van der Waals surface area contributed by atoms with E-state index in [4.69, 9.17) is 8.83 Å². The van der Waals surface area contributed by atoms with Crippen LogP contribution >= 0.6 is 0 Å². The van der Waals surface area contributed by atoms with Crippen molar-refractivity contribution >= 4 is 17.7 Å². The van der Waals surface area contributed by atoms with Gasteiger partial charge in [-0.2, -0.15) is 10.2 Å². The van der Waals surface area contributed by atoms with Crippen LogP contribution < -0.4 is 15.5 Å². The van der Waals surface area contributed by atoms with Gasteiger partial charge in [-0.05, 0) is 52.7 Å². The minimum absolute atomic E-state index is 0.138. The zero-order valence-electron chi connectivity index (χ0n) is 17.7. The zero-order chi connectivity index (χ0) is 21.9. The number of carbonyl (C=O) groups excluding carboxylic acids is 2. The molecule has 1 unspecified atom stereocenters. The fourth-order valence-corrected chi connectivity index (χ4v) is 3.32. The first kappa shape index (κ1) is 21.4. The second-order valence-corrected chi connectivity index (χ2v) is 8.49. The predicted molar refractivity (Wildman–Crippen MR) is 109 cm³/mol. The van der Waals surface area contributed by atoms with Crippen LogP contribution in [0.15, 0.2) is 27.2 Å². The van der Waals surface area contributed by atoms with Crippen molar-refractivity contribution in [3.63, 3.8) is 0 Å². The van der Waals surface area contributed by atoms with E-state index in [0.29, 0.717) is 37.6 Å². The maximum Gasteiger partial charge on any atom is 0.266 e. The summed E-state index contributed by atoms with van der Waals surface area (Å²) in [7, 11) is 0. The molecule has 2 amide bonds. The van der Waals surface area contributed by atoms with Gasteiger partial charge in [0.05, 0.1) is 6.26 Å². The predicted octanol–water partition coefficient (Wildman–Crippen LogP) is 2.44. The summed E-state index contributed by atoms with van der Waals surface area (Å²) in [6, 6.07) is 4.88. The molecule has 0 saturated carbocycles. The third kappa shape index (κ3) is 5.00. The van der Waals surface area contributed by atoms with Gasteiger partial charge in [0.25, 0.3) is 5.89 Å². The number of hydrogen-bond acceptors (Lipinski definition) is 7. The molecule has 1 atom stereocenters. The van der Waals surface area contributed by atoms with Gasteiger partial charge in [-0.15, -0.1) is 0 Å². The molecule has 30 heavy (non-hydrogen) atoms. The van der Waals surface area contributed by atoms with Crippen LogP contribution in [0.5, 0.6) is 0 Å². The van der Waals surface area contributed by atoms with E-state index in [1.54, 1.807) is 19.1 Å². The van der Waals surface area contributed by atoms with Gasteiger partial charge in [-0.1, -0.05) is 0 Å². The van der Waals surface area contributed by atoms with Crippen molar-refractivity contribution in [1.29, 1.82) is 5.26 Å². The topological polar surface area (TPSA) is 124 Å². The molecular weight excluding hydrogens is 386 g/mol. The molecule has 2 N–H and O–H groups in total. The molecule has 2 aromatic heterocycles. The molecule has 3 heterocycles. The maximum atomic E-state index is 12.6. The Bertz CT molecular complexity index is 928. The molecule has 0 radical (unpaired) electrons. The van der Waals surface area contributed by atoms with Gasteiger partial charge in [-0.3, -0.25) is 9.59 Å². The number of aromatic nitrogens is 1. The van der Waals surface area contributed by atoms with Crippen molar-refractivity contribution in [3.8, 4) is 17.7 Å². The molecule has 0 spiro atoms. The highest BCUT2D eigenvalue weighted by molar-refractivity contribution is 5.88. The lowest BCUT2D eigenvalue weighted by Crippen LogP contribution is -2.52. The smallest absolute Gasteiger partial charge is 0.266 e. The maximum absolute atomic E-state index is 12.6.